The van der Waals surface area contributed by atoms with Crippen molar-refractivity contribution in [2.24, 2.45) is 5.92 Å². The number of piperidine rings is 1. The first-order valence-electron chi connectivity index (χ1n) is 7.14. The Balaban J connectivity index is 1.99. The summed E-state index contributed by atoms with van der Waals surface area (Å²) in [6.07, 6.45) is 2.60. The first-order chi connectivity index (χ1) is 8.09. The molecule has 17 heavy (non-hydrogen) atoms. The monoisotopic (exact) mass is 242 g/mol. The van der Waals surface area contributed by atoms with Crippen LogP contribution in [0.4, 0.5) is 0 Å². The van der Waals surface area contributed by atoms with Gasteiger partial charge in [-0.05, 0) is 45.7 Å². The van der Waals surface area contributed by atoms with Crippen LogP contribution in [0.25, 0.3) is 0 Å². The van der Waals surface area contributed by atoms with Crippen LogP contribution in [0.5, 0.6) is 0 Å². The average Bonchev–Trinajstić information content (AvgIpc) is 2.29. The zero-order valence-corrected chi connectivity index (χ0v) is 12.0. The van der Waals surface area contributed by atoms with Crippen LogP contribution >= 0.6 is 0 Å². The second-order valence-electron chi connectivity index (χ2n) is 5.76. The van der Waals surface area contributed by atoms with Gasteiger partial charge in [-0.25, -0.2) is 0 Å². The predicted molar refractivity (Wildman–Crippen MR) is 73.4 cm³/mol. The van der Waals surface area contributed by atoms with E-state index in [1.165, 1.54) is 25.9 Å². The summed E-state index contributed by atoms with van der Waals surface area (Å²) < 4.78 is 5.74. The highest BCUT2D eigenvalue weighted by molar-refractivity contribution is 4.74. The molecule has 0 unspecified atom stereocenters. The maximum Gasteiger partial charge on any atom is 0.0591 e. The van der Waals surface area contributed by atoms with Gasteiger partial charge in [0.2, 0.25) is 0 Å². The van der Waals surface area contributed by atoms with E-state index in [2.05, 4.69) is 37.9 Å². The van der Waals surface area contributed by atoms with E-state index in [1.54, 1.807) is 0 Å². The Hall–Kier alpha value is -0.120. The zero-order valence-electron chi connectivity index (χ0n) is 12.0. The third-order valence-corrected chi connectivity index (χ3v) is 3.53. The van der Waals surface area contributed by atoms with E-state index in [0.717, 1.165) is 25.7 Å². The Morgan fingerprint density at radius 1 is 1.18 bits per heavy atom. The Bertz CT molecular complexity index is 187. The molecule has 0 aromatic carbocycles. The quantitative estimate of drug-likeness (QED) is 0.692. The molecule has 0 bridgehead atoms. The van der Waals surface area contributed by atoms with Gasteiger partial charge in [0.15, 0.2) is 0 Å². The van der Waals surface area contributed by atoms with Gasteiger partial charge in [-0.1, -0.05) is 13.8 Å². The number of ether oxygens (including phenoxy) is 1. The summed E-state index contributed by atoms with van der Waals surface area (Å²) in [5.41, 5.74) is 0. The third kappa shape index (κ3) is 6.39. The van der Waals surface area contributed by atoms with Gasteiger partial charge in [-0.2, -0.15) is 0 Å². The molecule has 0 aliphatic carbocycles. The molecule has 1 heterocycles. The lowest BCUT2D eigenvalue weighted by Gasteiger charge is -2.34. The highest BCUT2D eigenvalue weighted by Crippen LogP contribution is 2.18. The van der Waals surface area contributed by atoms with Crippen molar-refractivity contribution in [2.45, 2.75) is 52.6 Å². The molecule has 0 atom stereocenters. The molecule has 102 valence electrons. The zero-order chi connectivity index (χ0) is 12.7. The van der Waals surface area contributed by atoms with E-state index in [0.29, 0.717) is 12.1 Å². The lowest BCUT2D eigenvalue weighted by Crippen LogP contribution is -2.39. The summed E-state index contributed by atoms with van der Waals surface area (Å²) in [6.45, 7) is 14.2. The van der Waals surface area contributed by atoms with Crippen molar-refractivity contribution in [1.29, 1.82) is 0 Å². The molecule has 0 aromatic rings. The summed E-state index contributed by atoms with van der Waals surface area (Å²) in [7, 11) is 0. The summed E-state index contributed by atoms with van der Waals surface area (Å²) in [5.74, 6) is 0.782. The lowest BCUT2D eigenvalue weighted by molar-refractivity contribution is 0.0604. The Kier molecular flexibility index (Phi) is 7.09. The largest absolute Gasteiger partial charge is 0.380 e. The molecule has 1 N–H and O–H groups in total. The van der Waals surface area contributed by atoms with Crippen molar-refractivity contribution in [1.82, 2.24) is 10.2 Å². The fourth-order valence-electron chi connectivity index (χ4n) is 2.31. The van der Waals surface area contributed by atoms with Crippen molar-refractivity contribution in [2.75, 3.05) is 32.8 Å². The van der Waals surface area contributed by atoms with Crippen molar-refractivity contribution >= 4 is 0 Å². The Morgan fingerprint density at radius 2 is 1.82 bits per heavy atom. The fourth-order valence-corrected chi connectivity index (χ4v) is 2.31. The highest BCUT2D eigenvalue weighted by Gasteiger charge is 2.20. The maximum absolute atomic E-state index is 5.74. The molecule has 0 aromatic heterocycles. The number of nitrogens with zero attached hydrogens (tertiary/aromatic N) is 1. The van der Waals surface area contributed by atoms with Crippen LogP contribution in [-0.4, -0.2) is 49.8 Å². The molecule has 1 aliphatic heterocycles. The van der Waals surface area contributed by atoms with Gasteiger partial charge in [0, 0.05) is 25.2 Å². The second kappa shape index (κ2) is 8.06. The normalized spacial score (nSPS) is 19.4. The van der Waals surface area contributed by atoms with Gasteiger partial charge in [-0.15, -0.1) is 0 Å². The van der Waals surface area contributed by atoms with Crippen molar-refractivity contribution in [3.05, 3.63) is 0 Å². The smallest absolute Gasteiger partial charge is 0.0591 e. The summed E-state index contributed by atoms with van der Waals surface area (Å²) in [6, 6.07) is 1.26. The Labute approximate surface area is 107 Å². The average molecular weight is 242 g/mol. The number of likely N-dealkylation sites (tertiary alicyclic amines) is 1. The molecule has 0 amide bonds. The van der Waals surface area contributed by atoms with Crippen LogP contribution < -0.4 is 5.32 Å². The summed E-state index contributed by atoms with van der Waals surface area (Å²) in [5, 5.41) is 3.37. The van der Waals surface area contributed by atoms with E-state index in [9.17, 15) is 0 Å². The van der Waals surface area contributed by atoms with Crippen molar-refractivity contribution in [3.8, 4) is 0 Å². The molecule has 0 spiro atoms. The van der Waals surface area contributed by atoms with Crippen LogP contribution in [0.1, 0.15) is 40.5 Å². The van der Waals surface area contributed by atoms with Crippen LogP contribution in [-0.2, 0) is 4.74 Å². The van der Waals surface area contributed by atoms with E-state index in [1.807, 2.05) is 0 Å². The van der Waals surface area contributed by atoms with Crippen LogP contribution in [0.15, 0.2) is 0 Å². The highest BCUT2D eigenvalue weighted by atomic mass is 16.5. The summed E-state index contributed by atoms with van der Waals surface area (Å²) in [4.78, 5) is 2.57. The molecule has 0 radical (unpaired) electrons. The Morgan fingerprint density at radius 3 is 2.35 bits per heavy atom. The van der Waals surface area contributed by atoms with Gasteiger partial charge >= 0.3 is 0 Å². The molecule has 3 nitrogen and oxygen atoms in total. The van der Waals surface area contributed by atoms with Crippen LogP contribution in [0.2, 0.25) is 0 Å². The molecular formula is C14H30N2O. The van der Waals surface area contributed by atoms with E-state index in [-0.39, 0.29) is 0 Å². The predicted octanol–water partition coefficient (Wildman–Crippen LogP) is 2.12. The minimum absolute atomic E-state index is 0.563. The topological polar surface area (TPSA) is 24.5 Å². The second-order valence-corrected chi connectivity index (χ2v) is 5.76. The number of nitrogens with one attached hydrogen (secondary N) is 1. The number of rotatable bonds is 7. The van der Waals surface area contributed by atoms with Crippen LogP contribution in [0.3, 0.4) is 0 Å². The lowest BCUT2D eigenvalue weighted by atomic mass is 9.97. The van der Waals surface area contributed by atoms with E-state index >= 15 is 0 Å². The minimum Gasteiger partial charge on any atom is -0.380 e. The number of hydrogen-bond donors (Lipinski definition) is 1. The number of hydrogen-bond acceptors (Lipinski definition) is 3. The standard InChI is InChI=1S/C14H30N2O/c1-12(2)15-7-10-17-11-14-5-8-16(9-6-14)13(3)4/h12-15H,5-11H2,1-4H3. The molecule has 0 saturated carbocycles. The van der Waals surface area contributed by atoms with Crippen molar-refractivity contribution in [3.63, 3.8) is 0 Å². The van der Waals surface area contributed by atoms with E-state index < -0.39 is 0 Å². The minimum atomic E-state index is 0.563. The van der Waals surface area contributed by atoms with Gasteiger partial charge < -0.3 is 15.0 Å². The third-order valence-electron chi connectivity index (χ3n) is 3.53. The van der Waals surface area contributed by atoms with Gasteiger partial charge in [0.1, 0.15) is 0 Å². The first-order valence-corrected chi connectivity index (χ1v) is 7.14. The summed E-state index contributed by atoms with van der Waals surface area (Å²) >= 11 is 0. The molecule has 1 saturated heterocycles. The van der Waals surface area contributed by atoms with Gasteiger partial charge in [0.25, 0.3) is 0 Å². The molecule has 1 fully saturated rings. The molecule has 3 heteroatoms. The maximum atomic E-state index is 5.74. The van der Waals surface area contributed by atoms with Gasteiger partial charge in [-0.3, -0.25) is 0 Å². The first kappa shape index (κ1) is 14.9. The van der Waals surface area contributed by atoms with Crippen LogP contribution in [0, 0.1) is 5.92 Å². The fraction of sp³-hybridized carbons (Fsp3) is 1.00. The van der Waals surface area contributed by atoms with Gasteiger partial charge in [0.05, 0.1) is 6.61 Å². The van der Waals surface area contributed by atoms with Crippen molar-refractivity contribution < 1.29 is 4.74 Å². The molecule has 1 rings (SSSR count). The molecule has 1 aliphatic rings. The SMILES string of the molecule is CC(C)NCCOCC1CCN(C(C)C)CC1. The van der Waals surface area contributed by atoms with E-state index in [4.69, 9.17) is 4.74 Å². The molecular weight excluding hydrogens is 212 g/mol.